The van der Waals surface area contributed by atoms with Gasteiger partial charge in [0.15, 0.2) is 0 Å². The van der Waals surface area contributed by atoms with Crippen molar-refractivity contribution in [2.24, 2.45) is 0 Å². The standard InChI is InChI=1S/C18H17BO2P/c20-19(21)22(16-10-4-1-5-11-16,17-12-6-2-7-13-17)18-14-8-3-9-15-18/h1-15,20-21H/q+1. The largest absolute Gasteiger partial charge is 0.680 e. The van der Waals surface area contributed by atoms with Gasteiger partial charge in [0, 0.05) is 0 Å². The summed E-state index contributed by atoms with van der Waals surface area (Å²) in [4.78, 5) is 0. The van der Waals surface area contributed by atoms with Crippen LogP contribution in [0.15, 0.2) is 91.0 Å². The molecule has 3 rings (SSSR count). The van der Waals surface area contributed by atoms with Crippen LogP contribution in [0, 0.1) is 0 Å². The molecule has 0 saturated heterocycles. The van der Waals surface area contributed by atoms with Crippen LogP contribution in [-0.4, -0.2) is 16.9 Å². The van der Waals surface area contributed by atoms with Crippen molar-refractivity contribution in [1.29, 1.82) is 0 Å². The van der Waals surface area contributed by atoms with Crippen LogP contribution in [0.4, 0.5) is 0 Å². The van der Waals surface area contributed by atoms with Crippen molar-refractivity contribution in [3.05, 3.63) is 91.0 Å². The van der Waals surface area contributed by atoms with Gasteiger partial charge in [-0.15, -0.1) is 0 Å². The zero-order valence-corrected chi connectivity index (χ0v) is 13.0. The Morgan fingerprint density at radius 3 is 1.00 bits per heavy atom. The molecule has 0 aliphatic heterocycles. The molecular weight excluding hydrogens is 290 g/mol. The molecule has 0 saturated carbocycles. The smallest absolute Gasteiger partial charge is 0.389 e. The number of hydrogen-bond acceptors (Lipinski definition) is 2. The van der Waals surface area contributed by atoms with Crippen molar-refractivity contribution < 1.29 is 10.0 Å². The molecule has 0 atom stereocenters. The molecule has 0 aromatic heterocycles. The van der Waals surface area contributed by atoms with E-state index < -0.39 is 14.0 Å². The molecule has 108 valence electrons. The first kappa shape index (κ1) is 15.0. The monoisotopic (exact) mass is 307 g/mol. The minimum atomic E-state index is -2.51. The Kier molecular flexibility index (Phi) is 4.40. The second-order valence-electron chi connectivity index (χ2n) is 5.08. The Bertz CT molecular complexity index is 621. The van der Waals surface area contributed by atoms with Crippen molar-refractivity contribution in [3.63, 3.8) is 0 Å². The van der Waals surface area contributed by atoms with E-state index in [1.807, 2.05) is 91.0 Å². The first-order valence-corrected chi connectivity index (χ1v) is 9.04. The van der Waals surface area contributed by atoms with E-state index in [0.717, 1.165) is 15.9 Å². The Labute approximate surface area is 131 Å². The van der Waals surface area contributed by atoms with E-state index in [1.165, 1.54) is 0 Å². The molecule has 0 amide bonds. The third kappa shape index (κ3) is 2.48. The van der Waals surface area contributed by atoms with Gasteiger partial charge in [0.05, 0.1) is 15.9 Å². The average Bonchev–Trinajstić information content (AvgIpc) is 2.58. The number of hydrogen-bond donors (Lipinski definition) is 2. The molecule has 0 radical (unpaired) electrons. The molecule has 4 heteroatoms. The molecule has 0 aliphatic rings. The fourth-order valence-electron chi connectivity index (χ4n) is 2.84. The SMILES string of the molecule is OB(O)[P+](c1ccccc1)(c1ccccc1)c1ccccc1. The zero-order valence-electron chi connectivity index (χ0n) is 12.1. The maximum Gasteiger partial charge on any atom is 0.680 e. The van der Waals surface area contributed by atoms with E-state index in [0.29, 0.717) is 0 Å². The van der Waals surface area contributed by atoms with Crippen molar-refractivity contribution in [3.8, 4) is 0 Å². The predicted molar refractivity (Wildman–Crippen MR) is 95.3 cm³/mol. The minimum absolute atomic E-state index is 0.961. The molecule has 0 unspecified atom stereocenters. The van der Waals surface area contributed by atoms with E-state index >= 15 is 0 Å². The highest BCUT2D eigenvalue weighted by Gasteiger charge is 2.57. The highest BCUT2D eigenvalue weighted by molar-refractivity contribution is 8.17. The van der Waals surface area contributed by atoms with Crippen LogP contribution in [0.5, 0.6) is 0 Å². The highest BCUT2D eigenvalue weighted by atomic mass is 31.2. The van der Waals surface area contributed by atoms with E-state index in [9.17, 15) is 10.0 Å². The van der Waals surface area contributed by atoms with Crippen LogP contribution >= 0.6 is 7.14 Å². The fourth-order valence-corrected chi connectivity index (χ4v) is 6.46. The van der Waals surface area contributed by atoms with Gasteiger partial charge in [-0.25, -0.2) is 0 Å². The first-order chi connectivity index (χ1) is 10.8. The summed E-state index contributed by atoms with van der Waals surface area (Å²) >= 11 is 0. The number of rotatable bonds is 4. The Morgan fingerprint density at radius 1 is 0.500 bits per heavy atom. The number of benzene rings is 3. The van der Waals surface area contributed by atoms with Crippen LogP contribution in [0.3, 0.4) is 0 Å². The third-order valence-corrected chi connectivity index (χ3v) is 7.87. The molecule has 2 nitrogen and oxygen atoms in total. The Hall–Kier alpha value is -1.93. The molecule has 0 spiro atoms. The summed E-state index contributed by atoms with van der Waals surface area (Å²) in [6.45, 7) is -1.44. The fraction of sp³-hybridized carbons (Fsp3) is 0. The van der Waals surface area contributed by atoms with Crippen LogP contribution < -0.4 is 15.9 Å². The van der Waals surface area contributed by atoms with Gasteiger partial charge < -0.3 is 10.0 Å². The van der Waals surface area contributed by atoms with Gasteiger partial charge in [-0.3, -0.25) is 0 Å². The molecular formula is C18H17BO2P+. The van der Waals surface area contributed by atoms with Gasteiger partial charge in [0.25, 0.3) is 0 Å². The lowest BCUT2D eigenvalue weighted by Gasteiger charge is -2.26. The first-order valence-electron chi connectivity index (χ1n) is 7.18. The maximum atomic E-state index is 10.4. The summed E-state index contributed by atoms with van der Waals surface area (Å²) in [7, 11) is -2.51. The lowest BCUT2D eigenvalue weighted by Crippen LogP contribution is -2.41. The lowest BCUT2D eigenvalue weighted by molar-refractivity contribution is 0.436. The molecule has 0 heterocycles. The molecule has 3 aromatic carbocycles. The molecule has 3 aromatic rings. The van der Waals surface area contributed by atoms with E-state index in [-0.39, 0.29) is 0 Å². The Balaban J connectivity index is 2.34. The average molecular weight is 307 g/mol. The summed E-state index contributed by atoms with van der Waals surface area (Å²) in [6.07, 6.45) is 0. The van der Waals surface area contributed by atoms with Crippen molar-refractivity contribution in [2.75, 3.05) is 0 Å². The molecule has 0 aliphatic carbocycles. The molecule has 0 bridgehead atoms. The van der Waals surface area contributed by atoms with Crippen molar-refractivity contribution >= 4 is 29.9 Å². The normalized spacial score (nSPS) is 11.2. The lowest BCUT2D eigenvalue weighted by atomic mass is 10.3. The van der Waals surface area contributed by atoms with Crippen LogP contribution in [0.25, 0.3) is 0 Å². The second-order valence-corrected chi connectivity index (χ2v) is 8.53. The summed E-state index contributed by atoms with van der Waals surface area (Å²) in [5, 5.41) is 23.7. The molecule has 0 fully saturated rings. The summed E-state index contributed by atoms with van der Waals surface area (Å²) < 4.78 is 0. The van der Waals surface area contributed by atoms with Gasteiger partial charge in [-0.05, 0) is 36.4 Å². The highest BCUT2D eigenvalue weighted by Crippen LogP contribution is 2.55. The van der Waals surface area contributed by atoms with Crippen LogP contribution in [0.2, 0.25) is 0 Å². The third-order valence-electron chi connectivity index (χ3n) is 3.84. The Morgan fingerprint density at radius 2 is 0.773 bits per heavy atom. The van der Waals surface area contributed by atoms with Gasteiger partial charge in [-0.2, -0.15) is 0 Å². The van der Waals surface area contributed by atoms with Crippen molar-refractivity contribution in [1.82, 2.24) is 0 Å². The van der Waals surface area contributed by atoms with Gasteiger partial charge >= 0.3 is 6.84 Å². The van der Waals surface area contributed by atoms with E-state index in [4.69, 9.17) is 0 Å². The molecule has 22 heavy (non-hydrogen) atoms. The van der Waals surface area contributed by atoms with Crippen LogP contribution in [-0.2, 0) is 0 Å². The zero-order chi connectivity index (χ0) is 15.4. The van der Waals surface area contributed by atoms with Gasteiger partial charge in [-0.1, -0.05) is 54.6 Å². The quantitative estimate of drug-likeness (QED) is 0.571. The van der Waals surface area contributed by atoms with Crippen LogP contribution in [0.1, 0.15) is 0 Å². The second kappa shape index (κ2) is 6.45. The van der Waals surface area contributed by atoms with E-state index in [1.54, 1.807) is 0 Å². The predicted octanol–water partition coefficient (Wildman–Crippen LogP) is 1.95. The topological polar surface area (TPSA) is 40.5 Å². The van der Waals surface area contributed by atoms with Gasteiger partial charge in [0.1, 0.15) is 7.14 Å². The summed E-state index contributed by atoms with van der Waals surface area (Å²) in [5.41, 5.74) is 0. The van der Waals surface area contributed by atoms with Crippen molar-refractivity contribution in [2.45, 2.75) is 0 Å². The molecule has 2 N–H and O–H groups in total. The summed E-state index contributed by atoms with van der Waals surface area (Å²) in [5.74, 6) is 0. The van der Waals surface area contributed by atoms with E-state index in [2.05, 4.69) is 0 Å². The maximum absolute atomic E-state index is 10.4. The van der Waals surface area contributed by atoms with Gasteiger partial charge in [0.2, 0.25) is 0 Å². The summed E-state index contributed by atoms with van der Waals surface area (Å²) in [6, 6.07) is 29.4. The minimum Gasteiger partial charge on any atom is -0.389 e.